The highest BCUT2D eigenvalue weighted by molar-refractivity contribution is 4.63. The van der Waals surface area contributed by atoms with E-state index in [-0.39, 0.29) is 6.10 Å². The third-order valence-corrected chi connectivity index (χ3v) is 2.55. The molecule has 1 N–H and O–H groups in total. The molecule has 0 amide bonds. The minimum Gasteiger partial charge on any atom is -0.376 e. The van der Waals surface area contributed by atoms with Gasteiger partial charge >= 0.3 is 0 Å². The van der Waals surface area contributed by atoms with Gasteiger partial charge in [0.05, 0.1) is 12.7 Å². The lowest BCUT2D eigenvalue weighted by atomic mass is 10.2. The molecule has 1 fully saturated rings. The van der Waals surface area contributed by atoms with Gasteiger partial charge in [0.1, 0.15) is 0 Å². The third-order valence-electron chi connectivity index (χ3n) is 2.55. The fourth-order valence-corrected chi connectivity index (χ4v) is 1.65. The Morgan fingerprint density at radius 3 is 3.00 bits per heavy atom. The maximum absolute atomic E-state index is 9.46. The molecular formula is C11H22O3. The Kier molecular flexibility index (Phi) is 6.15. The van der Waals surface area contributed by atoms with Gasteiger partial charge in [-0.2, -0.15) is 0 Å². The van der Waals surface area contributed by atoms with Gasteiger partial charge in [0, 0.05) is 6.61 Å². The summed E-state index contributed by atoms with van der Waals surface area (Å²) >= 11 is 0. The van der Waals surface area contributed by atoms with Gasteiger partial charge in [-0.25, -0.2) is 0 Å². The highest BCUT2D eigenvalue weighted by Crippen LogP contribution is 2.13. The first-order valence-corrected chi connectivity index (χ1v) is 5.74. The Morgan fingerprint density at radius 1 is 1.50 bits per heavy atom. The number of rotatable bonds is 7. The maximum Gasteiger partial charge on any atom is 0.154 e. The molecule has 1 rings (SSSR count). The molecule has 0 spiro atoms. The number of unbranched alkanes of at least 4 members (excludes halogenated alkanes) is 2. The van der Waals surface area contributed by atoms with Crippen LogP contribution in [-0.2, 0) is 9.47 Å². The van der Waals surface area contributed by atoms with E-state index in [2.05, 4.69) is 6.92 Å². The van der Waals surface area contributed by atoms with Crippen molar-refractivity contribution in [2.45, 2.75) is 57.8 Å². The molecule has 0 aliphatic carbocycles. The summed E-state index contributed by atoms with van der Waals surface area (Å²) in [6.07, 6.45) is 5.96. The van der Waals surface area contributed by atoms with Crippen molar-refractivity contribution in [3.63, 3.8) is 0 Å². The molecular weight excluding hydrogens is 180 g/mol. The van der Waals surface area contributed by atoms with Gasteiger partial charge in [-0.15, -0.1) is 0 Å². The molecule has 84 valence electrons. The van der Waals surface area contributed by atoms with E-state index in [4.69, 9.17) is 9.47 Å². The summed E-state index contributed by atoms with van der Waals surface area (Å²) in [7, 11) is 0. The molecule has 1 aliphatic rings. The molecule has 2 atom stereocenters. The van der Waals surface area contributed by atoms with Crippen LogP contribution in [0, 0.1) is 0 Å². The van der Waals surface area contributed by atoms with Gasteiger partial charge in [0.25, 0.3) is 0 Å². The van der Waals surface area contributed by atoms with E-state index in [1.54, 1.807) is 0 Å². The Hall–Kier alpha value is -0.120. The van der Waals surface area contributed by atoms with Crippen LogP contribution in [0.5, 0.6) is 0 Å². The fraction of sp³-hybridized carbons (Fsp3) is 1.00. The van der Waals surface area contributed by atoms with E-state index in [0.29, 0.717) is 6.61 Å². The summed E-state index contributed by atoms with van der Waals surface area (Å²) in [5, 5.41) is 9.46. The Morgan fingerprint density at radius 2 is 2.36 bits per heavy atom. The van der Waals surface area contributed by atoms with Crippen LogP contribution in [0.1, 0.15) is 45.4 Å². The predicted molar refractivity (Wildman–Crippen MR) is 55.1 cm³/mol. The summed E-state index contributed by atoms with van der Waals surface area (Å²) in [6, 6.07) is 0. The normalized spacial score (nSPS) is 24.0. The first kappa shape index (κ1) is 12.0. The first-order valence-electron chi connectivity index (χ1n) is 5.74. The average molecular weight is 202 g/mol. The number of aliphatic hydroxyl groups is 1. The van der Waals surface area contributed by atoms with Crippen LogP contribution in [-0.4, -0.2) is 30.7 Å². The number of hydrogen-bond donors (Lipinski definition) is 1. The standard InChI is InChI=1S/C11H22O3/c1-2-3-4-7-11(12)14-9-10-6-5-8-13-10/h10-12H,2-9H2,1H3. The molecule has 0 saturated carbocycles. The highest BCUT2D eigenvalue weighted by Gasteiger charge is 2.16. The Labute approximate surface area is 86.4 Å². The lowest BCUT2D eigenvalue weighted by Gasteiger charge is -2.14. The summed E-state index contributed by atoms with van der Waals surface area (Å²) in [5.41, 5.74) is 0. The molecule has 14 heavy (non-hydrogen) atoms. The second-order valence-corrected chi connectivity index (χ2v) is 3.92. The molecule has 0 aromatic rings. The summed E-state index contributed by atoms with van der Waals surface area (Å²) < 4.78 is 10.7. The van der Waals surface area contributed by atoms with Crippen molar-refractivity contribution in [2.24, 2.45) is 0 Å². The molecule has 3 nitrogen and oxygen atoms in total. The summed E-state index contributed by atoms with van der Waals surface area (Å²) in [4.78, 5) is 0. The van der Waals surface area contributed by atoms with Crippen LogP contribution >= 0.6 is 0 Å². The van der Waals surface area contributed by atoms with E-state index in [1.165, 1.54) is 12.8 Å². The van der Waals surface area contributed by atoms with Gasteiger partial charge in [-0.05, 0) is 25.7 Å². The van der Waals surface area contributed by atoms with Crippen LogP contribution < -0.4 is 0 Å². The van der Waals surface area contributed by atoms with Gasteiger partial charge in [-0.1, -0.05) is 19.8 Å². The molecule has 0 aromatic carbocycles. The van der Waals surface area contributed by atoms with Gasteiger partial charge < -0.3 is 14.6 Å². The van der Waals surface area contributed by atoms with E-state index < -0.39 is 6.29 Å². The van der Waals surface area contributed by atoms with Gasteiger partial charge in [0.2, 0.25) is 0 Å². The third kappa shape index (κ3) is 4.94. The van der Waals surface area contributed by atoms with Crippen LogP contribution in [0.15, 0.2) is 0 Å². The maximum atomic E-state index is 9.46. The quantitative estimate of drug-likeness (QED) is 0.507. The second kappa shape index (κ2) is 7.21. The van der Waals surface area contributed by atoms with Crippen molar-refractivity contribution in [3.05, 3.63) is 0 Å². The zero-order valence-corrected chi connectivity index (χ0v) is 9.08. The monoisotopic (exact) mass is 202 g/mol. The largest absolute Gasteiger partial charge is 0.376 e. The number of hydrogen-bond acceptors (Lipinski definition) is 3. The number of ether oxygens (including phenoxy) is 2. The molecule has 0 radical (unpaired) electrons. The zero-order valence-electron chi connectivity index (χ0n) is 9.08. The van der Waals surface area contributed by atoms with Gasteiger partial charge in [0.15, 0.2) is 6.29 Å². The van der Waals surface area contributed by atoms with Crippen LogP contribution in [0.4, 0.5) is 0 Å². The van der Waals surface area contributed by atoms with Crippen LogP contribution in [0.3, 0.4) is 0 Å². The SMILES string of the molecule is CCCCCC(O)OCC1CCCO1. The van der Waals surface area contributed by atoms with Crippen molar-refractivity contribution < 1.29 is 14.6 Å². The van der Waals surface area contributed by atoms with Crippen molar-refractivity contribution in [1.82, 2.24) is 0 Å². The lowest BCUT2D eigenvalue weighted by Crippen LogP contribution is -2.20. The van der Waals surface area contributed by atoms with Crippen molar-refractivity contribution in [3.8, 4) is 0 Å². The molecule has 1 heterocycles. The molecule has 1 aliphatic heterocycles. The van der Waals surface area contributed by atoms with Crippen molar-refractivity contribution >= 4 is 0 Å². The fourth-order valence-electron chi connectivity index (χ4n) is 1.65. The molecule has 0 aromatic heterocycles. The Balaban J connectivity index is 1.93. The smallest absolute Gasteiger partial charge is 0.154 e. The average Bonchev–Trinajstić information content (AvgIpc) is 2.68. The topological polar surface area (TPSA) is 38.7 Å². The molecule has 0 bridgehead atoms. The molecule has 3 heteroatoms. The minimum atomic E-state index is -0.592. The van der Waals surface area contributed by atoms with E-state index in [9.17, 15) is 5.11 Å². The highest BCUT2D eigenvalue weighted by atomic mass is 16.6. The van der Waals surface area contributed by atoms with Gasteiger partial charge in [-0.3, -0.25) is 0 Å². The summed E-state index contributed by atoms with van der Waals surface area (Å²) in [5.74, 6) is 0. The first-order chi connectivity index (χ1) is 6.83. The van der Waals surface area contributed by atoms with Crippen LogP contribution in [0.2, 0.25) is 0 Å². The van der Waals surface area contributed by atoms with Crippen molar-refractivity contribution in [2.75, 3.05) is 13.2 Å². The van der Waals surface area contributed by atoms with Crippen molar-refractivity contribution in [1.29, 1.82) is 0 Å². The predicted octanol–water partition coefficient (Wildman–Crippen LogP) is 2.08. The van der Waals surface area contributed by atoms with E-state index in [0.717, 1.165) is 32.3 Å². The molecule has 2 unspecified atom stereocenters. The zero-order chi connectivity index (χ0) is 10.2. The lowest BCUT2D eigenvalue weighted by molar-refractivity contribution is -0.127. The van der Waals surface area contributed by atoms with E-state index in [1.807, 2.05) is 0 Å². The minimum absolute atomic E-state index is 0.218. The Bertz CT molecular complexity index is 132. The number of aliphatic hydroxyl groups excluding tert-OH is 1. The second-order valence-electron chi connectivity index (χ2n) is 3.92. The summed E-state index contributed by atoms with van der Waals surface area (Å²) in [6.45, 7) is 3.55. The molecule has 1 saturated heterocycles. The van der Waals surface area contributed by atoms with E-state index >= 15 is 0 Å². The van der Waals surface area contributed by atoms with Crippen LogP contribution in [0.25, 0.3) is 0 Å².